The first kappa shape index (κ1) is 20.5. The monoisotopic (exact) mass is 343 g/mol. The molecule has 1 unspecified atom stereocenters. The smallest absolute Gasteiger partial charge is 0.313 e. The van der Waals surface area contributed by atoms with Crippen molar-refractivity contribution in [2.75, 3.05) is 18.1 Å². The molecule has 0 saturated carbocycles. The first-order valence-electron chi connectivity index (χ1n) is 6.42. The van der Waals surface area contributed by atoms with Gasteiger partial charge in [0.25, 0.3) is 0 Å². The fraction of sp³-hybridized carbons (Fsp3) is 1.00. The van der Waals surface area contributed by atoms with Crippen LogP contribution in [0.5, 0.6) is 0 Å². The zero-order valence-electron chi connectivity index (χ0n) is 11.7. The zero-order chi connectivity index (χ0) is 16.9. The van der Waals surface area contributed by atoms with E-state index in [4.69, 9.17) is 0 Å². The lowest BCUT2D eigenvalue weighted by atomic mass is 9.94. The lowest BCUT2D eigenvalue weighted by Crippen LogP contribution is -2.51. The highest BCUT2D eigenvalue weighted by molar-refractivity contribution is 7.91. The van der Waals surface area contributed by atoms with Crippen LogP contribution in [0.25, 0.3) is 0 Å². The van der Waals surface area contributed by atoms with E-state index >= 15 is 0 Å². The quantitative estimate of drug-likeness (QED) is 0.690. The van der Waals surface area contributed by atoms with Gasteiger partial charge in [0.2, 0.25) is 0 Å². The molecule has 10 heteroatoms. The summed E-state index contributed by atoms with van der Waals surface area (Å²) in [5.41, 5.74) is 0. The van der Waals surface area contributed by atoms with Crippen molar-refractivity contribution in [1.82, 2.24) is 5.32 Å². The Hall–Kier alpha value is -0.510. The summed E-state index contributed by atoms with van der Waals surface area (Å²) in [6, 6.07) is -1.89. The Balaban J connectivity index is 5.01. The lowest BCUT2D eigenvalue weighted by molar-refractivity contribution is -0.292. The van der Waals surface area contributed by atoms with Crippen LogP contribution in [0.15, 0.2) is 0 Å². The standard InChI is InChI=1S/C11H19F6NO2S/c1-3-18-8(6-5-7-21(19,20)4-2)9(10(12,13)14)11(15,16)17/h8-9,18H,3-7H2,1-2H3. The van der Waals surface area contributed by atoms with Crippen LogP contribution in [0.3, 0.4) is 0 Å². The van der Waals surface area contributed by atoms with Gasteiger partial charge in [-0.2, -0.15) is 26.3 Å². The predicted molar refractivity (Wildman–Crippen MR) is 66.6 cm³/mol. The normalized spacial score (nSPS) is 15.5. The Morgan fingerprint density at radius 1 is 1.00 bits per heavy atom. The Morgan fingerprint density at radius 3 is 1.81 bits per heavy atom. The maximum atomic E-state index is 12.6. The average Bonchev–Trinajstić information content (AvgIpc) is 2.25. The minimum atomic E-state index is -5.44. The first-order chi connectivity index (χ1) is 9.35. The van der Waals surface area contributed by atoms with Crippen LogP contribution in [0, 0.1) is 5.92 Å². The molecule has 128 valence electrons. The average molecular weight is 343 g/mol. The molecule has 0 aliphatic rings. The molecule has 1 atom stereocenters. The molecule has 0 radical (unpaired) electrons. The molecule has 0 spiro atoms. The summed E-state index contributed by atoms with van der Waals surface area (Å²) in [7, 11) is -3.42. The molecule has 0 saturated heterocycles. The maximum Gasteiger partial charge on any atom is 0.401 e. The molecule has 0 aromatic carbocycles. The van der Waals surface area contributed by atoms with Gasteiger partial charge in [-0.25, -0.2) is 8.42 Å². The predicted octanol–water partition coefficient (Wildman–Crippen LogP) is 2.92. The molecule has 0 aliphatic heterocycles. The molecule has 21 heavy (non-hydrogen) atoms. The highest BCUT2D eigenvalue weighted by Gasteiger charge is 2.59. The van der Waals surface area contributed by atoms with Gasteiger partial charge in [0, 0.05) is 11.8 Å². The van der Waals surface area contributed by atoms with E-state index in [1.165, 1.54) is 13.8 Å². The molecule has 0 aliphatic carbocycles. The summed E-state index contributed by atoms with van der Waals surface area (Å²) in [5, 5.41) is 2.17. The number of hydrogen-bond acceptors (Lipinski definition) is 3. The van der Waals surface area contributed by atoms with Crippen molar-refractivity contribution in [3.8, 4) is 0 Å². The third-order valence-corrected chi connectivity index (χ3v) is 4.77. The van der Waals surface area contributed by atoms with Crippen molar-refractivity contribution in [2.24, 2.45) is 5.92 Å². The van der Waals surface area contributed by atoms with Gasteiger partial charge in [0.05, 0.1) is 5.75 Å². The summed E-state index contributed by atoms with van der Waals surface area (Å²) in [4.78, 5) is 0. The molecule has 0 bridgehead atoms. The molecular formula is C11H19F6NO2S. The second kappa shape index (κ2) is 7.66. The summed E-state index contributed by atoms with van der Waals surface area (Å²) >= 11 is 0. The van der Waals surface area contributed by atoms with E-state index in [0.29, 0.717) is 0 Å². The Morgan fingerprint density at radius 2 is 1.48 bits per heavy atom. The number of halogens is 6. The fourth-order valence-corrected chi connectivity index (χ4v) is 2.85. The highest BCUT2D eigenvalue weighted by Crippen LogP contribution is 2.42. The van der Waals surface area contributed by atoms with Crippen LogP contribution < -0.4 is 5.32 Å². The molecule has 0 aromatic rings. The summed E-state index contributed by atoms with van der Waals surface area (Å²) in [6.45, 7) is 2.68. The third kappa shape index (κ3) is 7.35. The molecule has 3 nitrogen and oxygen atoms in total. The minimum absolute atomic E-state index is 0.0755. The van der Waals surface area contributed by atoms with E-state index in [-0.39, 0.29) is 18.7 Å². The number of nitrogens with one attached hydrogen (secondary N) is 1. The molecule has 0 heterocycles. The van der Waals surface area contributed by atoms with Crippen molar-refractivity contribution in [3.63, 3.8) is 0 Å². The SMILES string of the molecule is CCNC(CCCS(=O)(=O)CC)C(C(F)(F)F)C(F)(F)F. The molecule has 1 N–H and O–H groups in total. The molecule has 0 amide bonds. The van der Waals surface area contributed by atoms with Crippen LogP contribution in [0.2, 0.25) is 0 Å². The largest absolute Gasteiger partial charge is 0.401 e. The van der Waals surface area contributed by atoms with E-state index in [1.54, 1.807) is 0 Å². The summed E-state index contributed by atoms with van der Waals surface area (Å²) < 4.78 is 98.3. The summed E-state index contributed by atoms with van der Waals surface area (Å²) in [6.07, 6.45) is -11.6. The molecule has 0 rings (SSSR count). The van der Waals surface area contributed by atoms with Gasteiger partial charge in [-0.15, -0.1) is 0 Å². The van der Waals surface area contributed by atoms with Gasteiger partial charge >= 0.3 is 12.4 Å². The Bertz CT molecular complexity index is 390. The second-order valence-corrected chi connectivity index (χ2v) is 7.08. The highest BCUT2D eigenvalue weighted by atomic mass is 32.2. The Labute approximate surface area is 120 Å². The van der Waals surface area contributed by atoms with Crippen molar-refractivity contribution in [3.05, 3.63) is 0 Å². The number of sulfone groups is 1. The number of alkyl halides is 6. The lowest BCUT2D eigenvalue weighted by Gasteiger charge is -2.31. The van der Waals surface area contributed by atoms with Crippen molar-refractivity contribution < 1.29 is 34.8 Å². The number of rotatable bonds is 8. The van der Waals surface area contributed by atoms with Crippen LogP contribution in [-0.2, 0) is 9.84 Å². The van der Waals surface area contributed by atoms with Crippen molar-refractivity contribution in [1.29, 1.82) is 0 Å². The summed E-state index contributed by atoms with van der Waals surface area (Å²) in [5.74, 6) is -4.12. The van der Waals surface area contributed by atoms with Crippen molar-refractivity contribution >= 4 is 9.84 Å². The first-order valence-corrected chi connectivity index (χ1v) is 8.24. The second-order valence-electron chi connectivity index (χ2n) is 4.60. The van der Waals surface area contributed by atoms with Crippen LogP contribution in [0.4, 0.5) is 26.3 Å². The molecule has 0 fully saturated rings. The third-order valence-electron chi connectivity index (χ3n) is 2.98. The fourth-order valence-electron chi connectivity index (χ4n) is 1.96. The van der Waals surface area contributed by atoms with Crippen LogP contribution in [-0.4, -0.2) is 44.9 Å². The Kier molecular flexibility index (Phi) is 7.48. The van der Waals surface area contributed by atoms with E-state index in [2.05, 4.69) is 5.32 Å². The van der Waals surface area contributed by atoms with Crippen molar-refractivity contribution in [2.45, 2.75) is 45.1 Å². The van der Waals surface area contributed by atoms with Gasteiger partial charge in [0.1, 0.15) is 9.84 Å². The van der Waals surface area contributed by atoms with Gasteiger partial charge in [0.15, 0.2) is 5.92 Å². The minimum Gasteiger partial charge on any atom is -0.313 e. The van der Waals surface area contributed by atoms with Gasteiger partial charge in [-0.1, -0.05) is 13.8 Å². The van der Waals surface area contributed by atoms with Crippen LogP contribution >= 0.6 is 0 Å². The van der Waals surface area contributed by atoms with E-state index < -0.39 is 46.3 Å². The van der Waals surface area contributed by atoms with Gasteiger partial charge in [-0.05, 0) is 19.4 Å². The van der Waals surface area contributed by atoms with E-state index in [0.717, 1.165) is 0 Å². The topological polar surface area (TPSA) is 46.2 Å². The van der Waals surface area contributed by atoms with Gasteiger partial charge < -0.3 is 5.32 Å². The molecule has 0 aromatic heterocycles. The number of hydrogen-bond donors (Lipinski definition) is 1. The van der Waals surface area contributed by atoms with E-state index in [1.807, 2.05) is 0 Å². The van der Waals surface area contributed by atoms with Crippen LogP contribution in [0.1, 0.15) is 26.7 Å². The maximum absolute atomic E-state index is 12.6. The zero-order valence-corrected chi connectivity index (χ0v) is 12.5. The molecular weight excluding hydrogens is 324 g/mol. The van der Waals surface area contributed by atoms with E-state index in [9.17, 15) is 34.8 Å². The van der Waals surface area contributed by atoms with Gasteiger partial charge in [-0.3, -0.25) is 0 Å².